The Labute approximate surface area is 108 Å². The minimum Gasteiger partial charge on any atom is -0.368 e. The Morgan fingerprint density at radius 2 is 2.25 bits per heavy atom. The molecule has 16 heavy (non-hydrogen) atoms. The van der Waals surface area contributed by atoms with Crippen molar-refractivity contribution in [1.29, 1.82) is 0 Å². The van der Waals surface area contributed by atoms with E-state index in [-0.39, 0.29) is 11.9 Å². The highest BCUT2D eigenvalue weighted by molar-refractivity contribution is 9.10. The topological polar surface area (TPSA) is 29.3 Å². The van der Waals surface area contributed by atoms with Gasteiger partial charge in [-0.25, -0.2) is 4.39 Å². The van der Waals surface area contributed by atoms with E-state index >= 15 is 0 Å². The monoisotopic (exact) mass is 306 g/mol. The Bertz CT molecular complexity index is 377. The van der Waals surface area contributed by atoms with Crippen molar-refractivity contribution >= 4 is 33.2 Å². The molecule has 1 aromatic carbocycles. The van der Waals surface area contributed by atoms with Crippen LogP contribution in [-0.4, -0.2) is 19.1 Å². The lowest BCUT2D eigenvalue weighted by molar-refractivity contribution is 0.505. The minimum absolute atomic E-state index is 0.168. The summed E-state index contributed by atoms with van der Waals surface area (Å²) in [5, 5.41) is 0.431. The number of halogens is 3. The van der Waals surface area contributed by atoms with Crippen LogP contribution < -0.4 is 10.6 Å². The number of benzene rings is 1. The summed E-state index contributed by atoms with van der Waals surface area (Å²) in [4.78, 5) is 2.11. The van der Waals surface area contributed by atoms with Crippen molar-refractivity contribution in [3.63, 3.8) is 0 Å². The Morgan fingerprint density at radius 3 is 2.88 bits per heavy atom. The van der Waals surface area contributed by atoms with E-state index in [1.807, 2.05) is 0 Å². The van der Waals surface area contributed by atoms with Gasteiger partial charge in [-0.1, -0.05) is 11.6 Å². The number of hydrogen-bond acceptors (Lipinski definition) is 2. The predicted octanol–water partition coefficient (Wildman–Crippen LogP) is 3.17. The summed E-state index contributed by atoms with van der Waals surface area (Å²) in [7, 11) is 0. The molecule has 0 amide bonds. The first kappa shape index (κ1) is 12.1. The highest BCUT2D eigenvalue weighted by Crippen LogP contribution is 2.36. The molecule has 5 heteroatoms. The van der Waals surface area contributed by atoms with Crippen LogP contribution in [0.15, 0.2) is 16.6 Å². The van der Waals surface area contributed by atoms with Crippen molar-refractivity contribution in [3.8, 4) is 0 Å². The summed E-state index contributed by atoms with van der Waals surface area (Å²) in [6.07, 6.45) is 2.08. The lowest BCUT2D eigenvalue weighted by Gasteiger charge is -2.33. The van der Waals surface area contributed by atoms with E-state index in [1.165, 1.54) is 12.1 Å². The molecule has 88 valence electrons. The van der Waals surface area contributed by atoms with Crippen LogP contribution in [0.5, 0.6) is 0 Å². The fourth-order valence-corrected chi connectivity index (χ4v) is 3.17. The van der Waals surface area contributed by atoms with Crippen LogP contribution in [0, 0.1) is 5.82 Å². The van der Waals surface area contributed by atoms with Crippen molar-refractivity contribution < 1.29 is 4.39 Å². The molecule has 2 N–H and O–H groups in total. The molecule has 0 saturated carbocycles. The van der Waals surface area contributed by atoms with Crippen LogP contribution in [0.3, 0.4) is 0 Å². The van der Waals surface area contributed by atoms with Crippen LogP contribution in [0.4, 0.5) is 10.1 Å². The molecule has 0 aliphatic carbocycles. The average Bonchev–Trinajstić information content (AvgIpc) is 2.15. The molecule has 0 spiro atoms. The van der Waals surface area contributed by atoms with Gasteiger partial charge in [-0.15, -0.1) is 0 Å². The zero-order valence-corrected chi connectivity index (χ0v) is 11.1. The van der Waals surface area contributed by atoms with E-state index in [2.05, 4.69) is 20.8 Å². The standard InChI is InChI=1S/C11H13BrClFN2/c12-9-4-7(14)5-10(13)11(9)16-3-1-2-8(15)6-16/h4-5,8H,1-3,6,15H2. The van der Waals surface area contributed by atoms with Crippen molar-refractivity contribution in [1.82, 2.24) is 0 Å². The second-order valence-corrected chi connectivity index (χ2v) is 5.33. The third kappa shape index (κ3) is 2.50. The van der Waals surface area contributed by atoms with Gasteiger partial charge in [-0.3, -0.25) is 0 Å². The van der Waals surface area contributed by atoms with E-state index in [0.29, 0.717) is 9.50 Å². The molecule has 0 bridgehead atoms. The molecule has 1 aliphatic heterocycles. The lowest BCUT2D eigenvalue weighted by atomic mass is 10.1. The third-order valence-electron chi connectivity index (χ3n) is 2.76. The molecule has 0 radical (unpaired) electrons. The Kier molecular flexibility index (Phi) is 3.72. The maximum atomic E-state index is 13.1. The van der Waals surface area contributed by atoms with E-state index < -0.39 is 0 Å². The van der Waals surface area contributed by atoms with Crippen molar-refractivity contribution in [2.45, 2.75) is 18.9 Å². The quantitative estimate of drug-likeness (QED) is 0.863. The first-order chi connectivity index (χ1) is 7.58. The average molecular weight is 308 g/mol. The molecule has 1 saturated heterocycles. The third-order valence-corrected chi connectivity index (χ3v) is 3.65. The van der Waals surface area contributed by atoms with Gasteiger partial charge in [0, 0.05) is 23.6 Å². The summed E-state index contributed by atoms with van der Waals surface area (Å²) in [5.41, 5.74) is 6.76. The van der Waals surface area contributed by atoms with E-state index in [4.69, 9.17) is 17.3 Å². The maximum Gasteiger partial charge on any atom is 0.125 e. The van der Waals surface area contributed by atoms with E-state index in [1.54, 1.807) is 0 Å². The van der Waals surface area contributed by atoms with E-state index in [0.717, 1.165) is 31.6 Å². The molecule has 0 aromatic heterocycles. The predicted molar refractivity (Wildman–Crippen MR) is 68.5 cm³/mol. The summed E-state index contributed by atoms with van der Waals surface area (Å²) < 4.78 is 13.8. The van der Waals surface area contributed by atoms with Gasteiger partial charge in [0.1, 0.15) is 5.82 Å². The van der Waals surface area contributed by atoms with E-state index in [9.17, 15) is 4.39 Å². The minimum atomic E-state index is -0.332. The Morgan fingerprint density at radius 1 is 1.50 bits per heavy atom. The van der Waals surface area contributed by atoms with Crippen LogP contribution in [0.2, 0.25) is 5.02 Å². The second-order valence-electron chi connectivity index (χ2n) is 4.07. The SMILES string of the molecule is NC1CCCN(c2c(Cl)cc(F)cc2Br)C1. The van der Waals surface area contributed by atoms with Gasteiger partial charge >= 0.3 is 0 Å². The Hall–Kier alpha value is -0.320. The first-order valence-electron chi connectivity index (χ1n) is 5.23. The molecule has 1 aliphatic rings. The molecule has 1 heterocycles. The molecular weight excluding hydrogens is 294 g/mol. The van der Waals surface area contributed by atoms with Gasteiger partial charge < -0.3 is 10.6 Å². The first-order valence-corrected chi connectivity index (χ1v) is 6.40. The highest BCUT2D eigenvalue weighted by atomic mass is 79.9. The van der Waals surface area contributed by atoms with Crippen molar-refractivity contribution in [2.75, 3.05) is 18.0 Å². The number of nitrogens with zero attached hydrogens (tertiary/aromatic N) is 1. The fourth-order valence-electron chi connectivity index (χ4n) is 2.05. The molecule has 1 atom stereocenters. The summed E-state index contributed by atoms with van der Waals surface area (Å²) in [5.74, 6) is -0.332. The van der Waals surface area contributed by atoms with Gasteiger partial charge in [-0.2, -0.15) is 0 Å². The molecule has 1 aromatic rings. The molecule has 2 nitrogen and oxygen atoms in total. The lowest BCUT2D eigenvalue weighted by Crippen LogP contribution is -2.43. The number of rotatable bonds is 1. The van der Waals surface area contributed by atoms with Crippen LogP contribution in [0.25, 0.3) is 0 Å². The largest absolute Gasteiger partial charge is 0.368 e. The zero-order valence-electron chi connectivity index (χ0n) is 8.72. The van der Waals surface area contributed by atoms with Crippen molar-refractivity contribution in [2.24, 2.45) is 5.73 Å². The highest BCUT2D eigenvalue weighted by Gasteiger charge is 2.21. The normalized spacial score (nSPS) is 21.2. The number of nitrogens with two attached hydrogens (primary N) is 1. The van der Waals surface area contributed by atoms with Gasteiger partial charge in [0.15, 0.2) is 0 Å². The van der Waals surface area contributed by atoms with Crippen LogP contribution in [-0.2, 0) is 0 Å². The van der Waals surface area contributed by atoms with Crippen molar-refractivity contribution in [3.05, 3.63) is 27.4 Å². The van der Waals surface area contributed by atoms with Gasteiger partial charge in [0.25, 0.3) is 0 Å². The fraction of sp³-hybridized carbons (Fsp3) is 0.455. The van der Waals surface area contributed by atoms with Gasteiger partial charge in [0.2, 0.25) is 0 Å². The van der Waals surface area contributed by atoms with Crippen LogP contribution in [0.1, 0.15) is 12.8 Å². The Balaban J connectivity index is 2.32. The van der Waals surface area contributed by atoms with Gasteiger partial charge in [0.05, 0.1) is 10.7 Å². The van der Waals surface area contributed by atoms with Gasteiger partial charge in [-0.05, 0) is 40.9 Å². The zero-order chi connectivity index (χ0) is 11.7. The summed E-state index contributed by atoms with van der Waals surface area (Å²) in [6, 6.07) is 2.94. The molecular formula is C11H13BrClFN2. The maximum absolute atomic E-state index is 13.1. The molecule has 1 unspecified atom stereocenters. The van der Waals surface area contributed by atoms with Crippen LogP contribution >= 0.6 is 27.5 Å². The number of hydrogen-bond donors (Lipinski definition) is 1. The molecule has 2 rings (SSSR count). The molecule has 1 fully saturated rings. The summed E-state index contributed by atoms with van der Waals surface area (Å²) in [6.45, 7) is 1.68. The second kappa shape index (κ2) is 4.90. The summed E-state index contributed by atoms with van der Waals surface area (Å²) >= 11 is 9.41. The number of piperidine rings is 1. The number of anilines is 1. The smallest absolute Gasteiger partial charge is 0.125 e.